The lowest BCUT2D eigenvalue weighted by atomic mass is 10.9. The molecule has 0 saturated carbocycles. The van der Waals surface area contributed by atoms with Crippen LogP contribution >= 0.6 is 28.7 Å². The van der Waals surface area contributed by atoms with Gasteiger partial charge >= 0.3 is 0 Å². The van der Waals surface area contributed by atoms with E-state index in [2.05, 4.69) is 10.3 Å². The molecule has 0 rings (SSSR count). The summed E-state index contributed by atoms with van der Waals surface area (Å²) >= 11 is 1.32. The van der Waals surface area contributed by atoms with Crippen molar-refractivity contribution in [1.82, 2.24) is 5.32 Å². The molecule has 0 saturated heterocycles. The zero-order chi connectivity index (χ0) is 8.69. The van der Waals surface area contributed by atoms with E-state index in [1.54, 1.807) is 7.05 Å². The lowest BCUT2D eigenvalue weighted by Gasteiger charge is -2.04. The SMILES string of the molecule is Br.CN=C(NC(=N)N)SCCO. The third-order valence-corrected chi connectivity index (χ3v) is 1.72. The van der Waals surface area contributed by atoms with E-state index in [-0.39, 0.29) is 29.5 Å². The van der Waals surface area contributed by atoms with Crippen LogP contribution in [0.4, 0.5) is 0 Å². The Morgan fingerprint density at radius 2 is 2.33 bits per heavy atom. The summed E-state index contributed by atoms with van der Waals surface area (Å²) in [4.78, 5) is 3.80. The fourth-order valence-corrected chi connectivity index (χ4v) is 1.01. The lowest BCUT2D eigenvalue weighted by Crippen LogP contribution is -2.34. The van der Waals surface area contributed by atoms with Crippen LogP contribution in [0.3, 0.4) is 0 Å². The van der Waals surface area contributed by atoms with Crippen molar-refractivity contribution in [1.29, 1.82) is 5.41 Å². The van der Waals surface area contributed by atoms with Crippen LogP contribution in [0.25, 0.3) is 0 Å². The van der Waals surface area contributed by atoms with Crippen LogP contribution in [-0.2, 0) is 0 Å². The van der Waals surface area contributed by atoms with Gasteiger partial charge in [0.05, 0.1) is 6.61 Å². The number of halogens is 1. The average Bonchev–Trinajstić information content (AvgIpc) is 1.97. The van der Waals surface area contributed by atoms with E-state index in [0.29, 0.717) is 10.9 Å². The summed E-state index contributed by atoms with van der Waals surface area (Å²) < 4.78 is 0. The number of amidine groups is 1. The molecule has 0 aliphatic heterocycles. The van der Waals surface area contributed by atoms with Crippen LogP contribution < -0.4 is 11.1 Å². The van der Waals surface area contributed by atoms with Crippen molar-refractivity contribution in [3.8, 4) is 0 Å². The number of guanidine groups is 1. The summed E-state index contributed by atoms with van der Waals surface area (Å²) in [7, 11) is 1.59. The highest BCUT2D eigenvalue weighted by atomic mass is 79.9. The Balaban J connectivity index is 0. The fraction of sp³-hybridized carbons (Fsp3) is 0.600. The van der Waals surface area contributed by atoms with Crippen LogP contribution in [0.5, 0.6) is 0 Å². The first-order valence-corrected chi connectivity index (χ1v) is 4.00. The monoisotopic (exact) mass is 256 g/mol. The van der Waals surface area contributed by atoms with Crippen molar-refractivity contribution in [3.05, 3.63) is 0 Å². The highest BCUT2D eigenvalue weighted by molar-refractivity contribution is 8.93. The molecule has 0 unspecified atom stereocenters. The van der Waals surface area contributed by atoms with Gasteiger partial charge in [0.2, 0.25) is 0 Å². The molecule has 12 heavy (non-hydrogen) atoms. The number of nitrogens with zero attached hydrogens (tertiary/aromatic N) is 1. The third-order valence-electron chi connectivity index (χ3n) is 0.775. The van der Waals surface area contributed by atoms with Crippen molar-refractivity contribution >= 4 is 39.9 Å². The number of thioether (sulfide) groups is 1. The number of hydrogen-bond acceptors (Lipinski definition) is 4. The Kier molecular flexibility index (Phi) is 10.5. The first-order valence-electron chi connectivity index (χ1n) is 3.02. The predicted molar refractivity (Wildman–Crippen MR) is 58.3 cm³/mol. The number of aliphatic hydroxyl groups excluding tert-OH is 1. The molecule has 0 heterocycles. The minimum atomic E-state index is -0.143. The second kappa shape index (κ2) is 8.82. The lowest BCUT2D eigenvalue weighted by molar-refractivity contribution is 0.323. The van der Waals surface area contributed by atoms with Crippen molar-refractivity contribution in [3.63, 3.8) is 0 Å². The summed E-state index contributed by atoms with van der Waals surface area (Å²) in [6.45, 7) is 0.0866. The normalized spacial score (nSPS) is 10.3. The number of hydrogen-bond donors (Lipinski definition) is 4. The molecule has 0 aromatic carbocycles. The maximum atomic E-state index is 8.46. The number of aliphatic imine (C=N–C) groups is 1. The molecule has 0 amide bonds. The Morgan fingerprint density at radius 1 is 1.75 bits per heavy atom. The van der Waals surface area contributed by atoms with E-state index in [4.69, 9.17) is 16.2 Å². The van der Waals surface area contributed by atoms with Gasteiger partial charge in [0.15, 0.2) is 11.1 Å². The van der Waals surface area contributed by atoms with Crippen LogP contribution in [-0.4, -0.2) is 35.6 Å². The van der Waals surface area contributed by atoms with Crippen LogP contribution in [0, 0.1) is 5.41 Å². The van der Waals surface area contributed by atoms with Gasteiger partial charge in [-0.2, -0.15) is 0 Å². The highest BCUT2D eigenvalue weighted by Crippen LogP contribution is 1.98. The van der Waals surface area contributed by atoms with Gasteiger partial charge in [-0.25, -0.2) is 0 Å². The van der Waals surface area contributed by atoms with Gasteiger partial charge in [0.1, 0.15) is 0 Å². The zero-order valence-electron chi connectivity index (χ0n) is 6.70. The third kappa shape index (κ3) is 7.83. The van der Waals surface area contributed by atoms with Crippen LogP contribution in [0.2, 0.25) is 0 Å². The smallest absolute Gasteiger partial charge is 0.191 e. The topological polar surface area (TPSA) is 94.5 Å². The Morgan fingerprint density at radius 3 is 2.67 bits per heavy atom. The van der Waals surface area contributed by atoms with Crippen molar-refractivity contribution in [2.75, 3.05) is 19.4 Å². The standard InChI is InChI=1S/C5H12N4OS.BrH/c1-8-5(9-4(6)7)11-3-2-10;/h10H,2-3H2,1H3,(H4,6,7,8,9);1H. The second-order valence-electron chi connectivity index (χ2n) is 1.64. The molecule has 0 atom stereocenters. The first-order chi connectivity index (χ1) is 5.20. The number of nitrogens with two attached hydrogens (primary N) is 1. The van der Waals surface area contributed by atoms with Crippen molar-refractivity contribution in [2.45, 2.75) is 0 Å². The fourth-order valence-electron chi connectivity index (χ4n) is 0.414. The van der Waals surface area contributed by atoms with Gasteiger partial charge in [-0.3, -0.25) is 10.4 Å². The van der Waals surface area contributed by atoms with Crippen LogP contribution in [0.15, 0.2) is 4.99 Å². The molecular weight excluding hydrogens is 244 g/mol. The summed E-state index contributed by atoms with van der Waals surface area (Å²) in [6, 6.07) is 0. The predicted octanol–water partition coefficient (Wildman–Crippen LogP) is -0.241. The van der Waals surface area contributed by atoms with Gasteiger partial charge in [-0.15, -0.1) is 17.0 Å². The minimum absolute atomic E-state index is 0. The molecule has 72 valence electrons. The van der Waals surface area contributed by atoms with Gasteiger partial charge < -0.3 is 16.2 Å². The van der Waals surface area contributed by atoms with Gasteiger partial charge in [-0.05, 0) is 0 Å². The van der Waals surface area contributed by atoms with E-state index in [1.807, 2.05) is 0 Å². The highest BCUT2D eigenvalue weighted by Gasteiger charge is 1.97. The maximum Gasteiger partial charge on any atom is 0.191 e. The van der Waals surface area contributed by atoms with Crippen molar-refractivity contribution < 1.29 is 5.11 Å². The maximum absolute atomic E-state index is 8.46. The second-order valence-corrected chi connectivity index (χ2v) is 2.72. The molecule has 0 aromatic rings. The minimum Gasteiger partial charge on any atom is -0.396 e. The van der Waals surface area contributed by atoms with Crippen molar-refractivity contribution in [2.24, 2.45) is 10.7 Å². The summed E-state index contributed by atoms with van der Waals surface area (Å²) in [5, 5.41) is 18.4. The van der Waals surface area contributed by atoms with E-state index in [0.717, 1.165) is 0 Å². The van der Waals surface area contributed by atoms with Gasteiger partial charge in [0.25, 0.3) is 0 Å². The van der Waals surface area contributed by atoms with E-state index in [1.165, 1.54) is 11.8 Å². The quantitative estimate of drug-likeness (QED) is 0.405. The van der Waals surface area contributed by atoms with Crippen LogP contribution in [0.1, 0.15) is 0 Å². The molecular formula is C5H13BrN4OS. The summed E-state index contributed by atoms with van der Waals surface area (Å²) in [5.74, 6) is 0.406. The Hall–Kier alpha value is -0.270. The molecule has 0 bridgehead atoms. The van der Waals surface area contributed by atoms with Gasteiger partial charge in [0, 0.05) is 12.8 Å². The molecule has 0 aromatic heterocycles. The first kappa shape index (κ1) is 14.3. The molecule has 0 fully saturated rings. The largest absolute Gasteiger partial charge is 0.396 e. The molecule has 7 heteroatoms. The molecule has 5 N–H and O–H groups in total. The summed E-state index contributed by atoms with van der Waals surface area (Å²) in [6.07, 6.45) is 0. The zero-order valence-corrected chi connectivity index (χ0v) is 9.23. The number of nitrogens with one attached hydrogen (secondary N) is 2. The number of rotatable bonds is 2. The average molecular weight is 257 g/mol. The molecule has 5 nitrogen and oxygen atoms in total. The number of aliphatic hydroxyl groups is 1. The molecule has 0 aliphatic rings. The molecule has 0 spiro atoms. The van der Waals surface area contributed by atoms with Gasteiger partial charge in [-0.1, -0.05) is 11.8 Å². The van der Waals surface area contributed by atoms with E-state index >= 15 is 0 Å². The van der Waals surface area contributed by atoms with E-state index in [9.17, 15) is 0 Å². The summed E-state index contributed by atoms with van der Waals surface area (Å²) in [5.41, 5.74) is 5.06. The Labute approximate surface area is 86.1 Å². The van der Waals surface area contributed by atoms with E-state index < -0.39 is 0 Å². The molecule has 0 radical (unpaired) electrons. The Bertz CT molecular complexity index is 164. The molecule has 0 aliphatic carbocycles.